The van der Waals surface area contributed by atoms with E-state index < -0.39 is 0 Å². The molecule has 86 valence electrons. The van der Waals surface area contributed by atoms with E-state index in [0.717, 1.165) is 5.56 Å². The van der Waals surface area contributed by atoms with Crippen LogP contribution < -0.4 is 4.74 Å². The van der Waals surface area contributed by atoms with E-state index in [9.17, 15) is 4.79 Å². The summed E-state index contributed by atoms with van der Waals surface area (Å²) in [5, 5.41) is 0.658. The smallest absolute Gasteiger partial charge is 0.343 e. The van der Waals surface area contributed by atoms with Gasteiger partial charge >= 0.3 is 5.97 Å². The second kappa shape index (κ2) is 5.64. The van der Waals surface area contributed by atoms with E-state index in [2.05, 4.69) is 15.9 Å². The predicted octanol–water partition coefficient (Wildman–Crippen LogP) is 3.80. The van der Waals surface area contributed by atoms with Crippen molar-refractivity contribution in [2.45, 2.75) is 5.33 Å². The second-order valence-electron chi connectivity index (χ2n) is 3.50. The highest BCUT2D eigenvalue weighted by Gasteiger charge is 2.09. The fraction of sp³-hybridized carbons (Fsp3) is 0.0714. The van der Waals surface area contributed by atoms with Crippen molar-refractivity contribution in [2.75, 3.05) is 0 Å². The van der Waals surface area contributed by atoms with Crippen molar-refractivity contribution in [2.24, 2.45) is 0 Å². The van der Waals surface area contributed by atoms with E-state index in [1.807, 2.05) is 36.4 Å². The van der Waals surface area contributed by atoms with Crippen molar-refractivity contribution in [3.05, 3.63) is 65.7 Å². The van der Waals surface area contributed by atoms with Crippen LogP contribution in [0, 0.1) is 0 Å². The fourth-order valence-electron chi connectivity index (χ4n) is 1.45. The van der Waals surface area contributed by atoms with E-state index in [-0.39, 0.29) is 5.97 Å². The summed E-state index contributed by atoms with van der Waals surface area (Å²) in [4.78, 5) is 11.8. The minimum Gasteiger partial charge on any atom is -0.423 e. The van der Waals surface area contributed by atoms with Crippen molar-refractivity contribution in [1.29, 1.82) is 0 Å². The second-order valence-corrected chi connectivity index (χ2v) is 4.06. The van der Waals surface area contributed by atoms with Gasteiger partial charge in [-0.1, -0.05) is 52.3 Å². The number of para-hydroxylation sites is 1. The van der Waals surface area contributed by atoms with Gasteiger partial charge in [-0.3, -0.25) is 0 Å². The van der Waals surface area contributed by atoms with E-state index >= 15 is 0 Å². The molecule has 0 spiro atoms. The maximum atomic E-state index is 11.8. The summed E-state index contributed by atoms with van der Waals surface area (Å²) in [6.07, 6.45) is 0. The van der Waals surface area contributed by atoms with Crippen LogP contribution in [0.15, 0.2) is 54.6 Å². The average molecular weight is 291 g/mol. The third kappa shape index (κ3) is 2.94. The van der Waals surface area contributed by atoms with E-state index in [0.29, 0.717) is 16.6 Å². The van der Waals surface area contributed by atoms with Crippen molar-refractivity contribution >= 4 is 21.9 Å². The van der Waals surface area contributed by atoms with Gasteiger partial charge in [0.05, 0.1) is 5.56 Å². The van der Waals surface area contributed by atoms with E-state index in [1.54, 1.807) is 18.2 Å². The topological polar surface area (TPSA) is 26.3 Å². The molecule has 0 aliphatic carbocycles. The van der Waals surface area contributed by atoms with Gasteiger partial charge in [-0.05, 0) is 18.2 Å². The molecule has 17 heavy (non-hydrogen) atoms. The number of carbonyl (C=O) groups is 1. The number of alkyl halides is 1. The van der Waals surface area contributed by atoms with Gasteiger partial charge in [0, 0.05) is 10.9 Å². The number of esters is 1. The Balaban J connectivity index is 2.19. The number of benzene rings is 2. The van der Waals surface area contributed by atoms with Crippen molar-refractivity contribution in [3.63, 3.8) is 0 Å². The van der Waals surface area contributed by atoms with Gasteiger partial charge in [-0.2, -0.15) is 0 Å². The average Bonchev–Trinajstić information content (AvgIpc) is 2.40. The number of rotatable bonds is 3. The molecule has 0 amide bonds. The first-order valence-corrected chi connectivity index (χ1v) is 6.34. The van der Waals surface area contributed by atoms with Gasteiger partial charge in [-0.25, -0.2) is 4.79 Å². The quantitative estimate of drug-likeness (QED) is 0.488. The molecule has 0 saturated heterocycles. The molecule has 0 N–H and O–H groups in total. The minimum atomic E-state index is -0.334. The Hall–Kier alpha value is -1.61. The molecule has 0 unspecified atom stereocenters. The van der Waals surface area contributed by atoms with Crippen molar-refractivity contribution in [3.8, 4) is 5.75 Å². The molecule has 0 heterocycles. The number of hydrogen-bond acceptors (Lipinski definition) is 2. The molecule has 0 atom stereocenters. The highest BCUT2D eigenvalue weighted by Crippen LogP contribution is 2.21. The molecule has 3 heteroatoms. The Morgan fingerprint density at radius 2 is 1.65 bits per heavy atom. The summed E-state index contributed by atoms with van der Waals surface area (Å²) in [6.45, 7) is 0. The molecular formula is C14H11BrO2. The fourth-order valence-corrected chi connectivity index (χ4v) is 1.91. The predicted molar refractivity (Wildman–Crippen MR) is 70.5 cm³/mol. The van der Waals surface area contributed by atoms with Gasteiger partial charge in [-0.15, -0.1) is 0 Å². The van der Waals surface area contributed by atoms with Crippen LogP contribution in [0.25, 0.3) is 0 Å². The summed E-state index contributed by atoms with van der Waals surface area (Å²) >= 11 is 3.36. The van der Waals surface area contributed by atoms with Crippen LogP contribution in [0.3, 0.4) is 0 Å². The first kappa shape index (κ1) is 11.9. The number of ether oxygens (including phenoxy) is 1. The molecule has 2 aromatic carbocycles. The zero-order valence-corrected chi connectivity index (χ0v) is 10.7. The van der Waals surface area contributed by atoms with Crippen LogP contribution in [-0.2, 0) is 5.33 Å². The summed E-state index contributed by atoms with van der Waals surface area (Å²) in [6, 6.07) is 16.4. The summed E-state index contributed by atoms with van der Waals surface area (Å²) < 4.78 is 5.35. The lowest BCUT2D eigenvalue weighted by atomic mass is 10.2. The number of hydrogen-bond donors (Lipinski definition) is 0. The standard InChI is InChI=1S/C14H11BrO2/c15-10-12-8-4-5-9-13(12)17-14(16)11-6-2-1-3-7-11/h1-9H,10H2. The van der Waals surface area contributed by atoms with Crippen LogP contribution >= 0.6 is 15.9 Å². The minimum absolute atomic E-state index is 0.334. The first-order valence-electron chi connectivity index (χ1n) is 5.22. The molecule has 0 aliphatic heterocycles. The molecule has 0 saturated carbocycles. The van der Waals surface area contributed by atoms with Crippen LogP contribution in [0.2, 0.25) is 0 Å². The zero-order valence-electron chi connectivity index (χ0n) is 9.10. The molecule has 0 aromatic heterocycles. The van der Waals surface area contributed by atoms with Crippen LogP contribution in [0.5, 0.6) is 5.75 Å². The molecule has 0 aliphatic rings. The van der Waals surface area contributed by atoms with Gasteiger partial charge in [0.15, 0.2) is 0 Å². The number of halogens is 1. The lowest BCUT2D eigenvalue weighted by Gasteiger charge is -2.07. The van der Waals surface area contributed by atoms with Crippen molar-refractivity contribution < 1.29 is 9.53 Å². The van der Waals surface area contributed by atoms with Crippen molar-refractivity contribution in [1.82, 2.24) is 0 Å². The SMILES string of the molecule is O=C(Oc1ccccc1CBr)c1ccccc1. The Bertz CT molecular complexity index is 509. The Morgan fingerprint density at radius 1 is 1.00 bits per heavy atom. The third-order valence-corrected chi connectivity index (χ3v) is 2.93. The summed E-state index contributed by atoms with van der Waals surface area (Å²) in [5.41, 5.74) is 1.51. The van der Waals surface area contributed by atoms with Crippen LogP contribution in [0.4, 0.5) is 0 Å². The maximum Gasteiger partial charge on any atom is 0.343 e. The monoisotopic (exact) mass is 290 g/mol. The Kier molecular flexibility index (Phi) is 3.94. The highest BCUT2D eigenvalue weighted by atomic mass is 79.9. The van der Waals surface area contributed by atoms with E-state index in [4.69, 9.17) is 4.74 Å². The maximum absolute atomic E-state index is 11.8. The van der Waals surface area contributed by atoms with Crippen LogP contribution in [0.1, 0.15) is 15.9 Å². The normalized spacial score (nSPS) is 9.94. The summed E-state index contributed by atoms with van der Waals surface area (Å²) in [5.74, 6) is 0.261. The van der Waals surface area contributed by atoms with Gasteiger partial charge in [0.2, 0.25) is 0 Å². The van der Waals surface area contributed by atoms with Crippen LogP contribution in [-0.4, -0.2) is 5.97 Å². The van der Waals surface area contributed by atoms with Gasteiger partial charge in [0.25, 0.3) is 0 Å². The zero-order chi connectivity index (χ0) is 12.1. The third-order valence-electron chi connectivity index (χ3n) is 2.33. The lowest BCUT2D eigenvalue weighted by molar-refractivity contribution is 0.0733. The summed E-state index contributed by atoms with van der Waals surface area (Å²) in [7, 11) is 0. The molecule has 2 rings (SSSR count). The van der Waals surface area contributed by atoms with Gasteiger partial charge in [0.1, 0.15) is 5.75 Å². The number of carbonyl (C=O) groups excluding carboxylic acids is 1. The lowest BCUT2D eigenvalue weighted by Crippen LogP contribution is -2.09. The Labute approximate surface area is 108 Å². The highest BCUT2D eigenvalue weighted by molar-refractivity contribution is 9.08. The molecule has 0 radical (unpaired) electrons. The molecule has 0 bridgehead atoms. The molecule has 2 nitrogen and oxygen atoms in total. The molecular weight excluding hydrogens is 280 g/mol. The molecule has 0 fully saturated rings. The van der Waals surface area contributed by atoms with E-state index in [1.165, 1.54) is 0 Å². The first-order chi connectivity index (χ1) is 8.31. The largest absolute Gasteiger partial charge is 0.423 e. The molecule has 2 aromatic rings. The van der Waals surface area contributed by atoms with Gasteiger partial charge < -0.3 is 4.74 Å². The Morgan fingerprint density at radius 3 is 2.35 bits per heavy atom.